The summed E-state index contributed by atoms with van der Waals surface area (Å²) in [6.07, 6.45) is 1.66. The second kappa shape index (κ2) is 4.37. The third-order valence-corrected chi connectivity index (χ3v) is 2.50. The molecule has 0 aliphatic heterocycles. The molecule has 5 nitrogen and oxygen atoms in total. The predicted molar refractivity (Wildman–Crippen MR) is 64.9 cm³/mol. The third kappa shape index (κ3) is 2.50. The van der Waals surface area contributed by atoms with Gasteiger partial charge in [-0.1, -0.05) is 0 Å². The summed E-state index contributed by atoms with van der Waals surface area (Å²) in [6, 6.07) is 5.43. The zero-order valence-corrected chi connectivity index (χ0v) is 10.1. The van der Waals surface area contributed by atoms with Crippen molar-refractivity contribution in [3.63, 3.8) is 0 Å². The molecular formula is C12H14N4O. The van der Waals surface area contributed by atoms with Gasteiger partial charge in [0.15, 0.2) is 5.69 Å². The predicted octanol–water partition coefficient (Wildman–Crippen LogP) is 1.68. The van der Waals surface area contributed by atoms with Crippen molar-refractivity contribution in [1.29, 1.82) is 0 Å². The van der Waals surface area contributed by atoms with Crippen molar-refractivity contribution in [1.82, 2.24) is 14.8 Å². The van der Waals surface area contributed by atoms with Crippen molar-refractivity contribution >= 4 is 11.7 Å². The van der Waals surface area contributed by atoms with Crippen molar-refractivity contribution < 1.29 is 4.79 Å². The first-order chi connectivity index (χ1) is 8.06. The molecule has 2 heterocycles. The molecule has 2 aromatic rings. The molecule has 0 aromatic carbocycles. The van der Waals surface area contributed by atoms with E-state index in [0.717, 1.165) is 11.3 Å². The van der Waals surface area contributed by atoms with Crippen LogP contribution in [0.2, 0.25) is 0 Å². The lowest BCUT2D eigenvalue weighted by molar-refractivity contribution is 0.102. The van der Waals surface area contributed by atoms with E-state index in [2.05, 4.69) is 15.4 Å². The number of hydrogen-bond acceptors (Lipinski definition) is 3. The van der Waals surface area contributed by atoms with E-state index in [1.807, 2.05) is 26.0 Å². The number of aromatic nitrogens is 3. The summed E-state index contributed by atoms with van der Waals surface area (Å²) in [5.41, 5.74) is 2.38. The first-order valence-corrected chi connectivity index (χ1v) is 5.31. The highest BCUT2D eigenvalue weighted by Gasteiger charge is 2.11. The van der Waals surface area contributed by atoms with Crippen LogP contribution < -0.4 is 5.32 Å². The lowest BCUT2D eigenvalue weighted by atomic mass is 10.3. The normalized spacial score (nSPS) is 10.3. The molecule has 0 fully saturated rings. The topological polar surface area (TPSA) is 59.8 Å². The maximum absolute atomic E-state index is 11.9. The van der Waals surface area contributed by atoms with Gasteiger partial charge in [-0.05, 0) is 37.6 Å². The third-order valence-electron chi connectivity index (χ3n) is 2.50. The number of anilines is 1. The summed E-state index contributed by atoms with van der Waals surface area (Å²) in [4.78, 5) is 15.9. The van der Waals surface area contributed by atoms with Gasteiger partial charge in [-0.25, -0.2) is 4.98 Å². The van der Waals surface area contributed by atoms with Crippen molar-refractivity contribution in [3.05, 3.63) is 41.3 Å². The van der Waals surface area contributed by atoms with Crippen LogP contribution in [0.15, 0.2) is 24.4 Å². The Bertz CT molecular complexity index is 540. The van der Waals surface area contributed by atoms with Crippen LogP contribution in [0.1, 0.15) is 21.7 Å². The Morgan fingerprint density at radius 1 is 1.35 bits per heavy atom. The monoisotopic (exact) mass is 230 g/mol. The van der Waals surface area contributed by atoms with E-state index in [0.29, 0.717) is 11.5 Å². The van der Waals surface area contributed by atoms with Crippen LogP contribution >= 0.6 is 0 Å². The maximum Gasteiger partial charge on any atom is 0.277 e. The number of carbonyl (C=O) groups excluding carboxylic acids is 1. The number of aryl methyl sites for hydroxylation is 3. The lowest BCUT2D eigenvalue weighted by Crippen LogP contribution is -2.14. The highest BCUT2D eigenvalue weighted by Crippen LogP contribution is 2.08. The van der Waals surface area contributed by atoms with Gasteiger partial charge < -0.3 is 5.32 Å². The summed E-state index contributed by atoms with van der Waals surface area (Å²) in [5, 5.41) is 6.82. The van der Waals surface area contributed by atoms with Crippen LogP contribution in [-0.2, 0) is 7.05 Å². The summed E-state index contributed by atoms with van der Waals surface area (Å²) in [5.74, 6) is 0.296. The molecule has 0 bridgehead atoms. The molecule has 88 valence electrons. The number of nitrogens with zero attached hydrogens (tertiary/aromatic N) is 3. The van der Waals surface area contributed by atoms with Crippen LogP contribution in [-0.4, -0.2) is 20.7 Å². The smallest absolute Gasteiger partial charge is 0.277 e. The van der Waals surface area contributed by atoms with E-state index in [4.69, 9.17) is 0 Å². The van der Waals surface area contributed by atoms with E-state index in [9.17, 15) is 4.79 Å². The van der Waals surface area contributed by atoms with Crippen molar-refractivity contribution in [2.24, 2.45) is 7.05 Å². The second-order valence-corrected chi connectivity index (χ2v) is 3.97. The van der Waals surface area contributed by atoms with Crippen LogP contribution in [0.5, 0.6) is 0 Å². The molecule has 0 saturated heterocycles. The van der Waals surface area contributed by atoms with E-state index in [-0.39, 0.29) is 5.91 Å². The molecule has 0 spiro atoms. The standard InChI is InChI=1S/C12H14N4O/c1-8-4-5-13-11(6-8)14-12(17)10-7-9(2)16(3)15-10/h4-7H,1-3H3,(H,13,14,17). The second-order valence-electron chi connectivity index (χ2n) is 3.97. The van der Waals surface area contributed by atoms with Gasteiger partial charge >= 0.3 is 0 Å². The lowest BCUT2D eigenvalue weighted by Gasteiger charge is -2.02. The fourth-order valence-corrected chi connectivity index (χ4v) is 1.46. The number of amides is 1. The Morgan fingerprint density at radius 3 is 2.71 bits per heavy atom. The fraction of sp³-hybridized carbons (Fsp3) is 0.250. The summed E-state index contributed by atoms with van der Waals surface area (Å²) < 4.78 is 1.67. The van der Waals surface area contributed by atoms with Gasteiger partial charge in [-0.15, -0.1) is 0 Å². The van der Waals surface area contributed by atoms with Crippen LogP contribution in [0, 0.1) is 13.8 Å². The first-order valence-electron chi connectivity index (χ1n) is 5.31. The quantitative estimate of drug-likeness (QED) is 0.854. The minimum absolute atomic E-state index is 0.244. The average molecular weight is 230 g/mol. The molecule has 1 amide bonds. The molecule has 0 atom stereocenters. The molecule has 0 radical (unpaired) electrons. The highest BCUT2D eigenvalue weighted by atomic mass is 16.2. The molecule has 17 heavy (non-hydrogen) atoms. The van der Waals surface area contributed by atoms with Crippen molar-refractivity contribution in [2.45, 2.75) is 13.8 Å². The Hall–Kier alpha value is -2.17. The molecule has 0 aliphatic rings. The molecular weight excluding hydrogens is 216 g/mol. The van der Waals surface area contributed by atoms with Gasteiger partial charge in [-0.2, -0.15) is 5.10 Å². The number of rotatable bonds is 2. The number of carbonyl (C=O) groups is 1. The van der Waals surface area contributed by atoms with Gasteiger partial charge in [0, 0.05) is 18.9 Å². The van der Waals surface area contributed by atoms with E-state index in [1.54, 1.807) is 24.0 Å². The Labute approximate surface area is 99.5 Å². The van der Waals surface area contributed by atoms with Gasteiger partial charge in [0.25, 0.3) is 5.91 Å². The molecule has 5 heteroatoms. The number of nitrogens with one attached hydrogen (secondary N) is 1. The van der Waals surface area contributed by atoms with Gasteiger partial charge in [0.1, 0.15) is 5.82 Å². The minimum atomic E-state index is -0.244. The van der Waals surface area contributed by atoms with Gasteiger partial charge in [0.05, 0.1) is 0 Å². The van der Waals surface area contributed by atoms with Crippen LogP contribution in [0.3, 0.4) is 0 Å². The first kappa shape index (κ1) is 11.3. The number of pyridine rings is 1. The summed E-state index contributed by atoms with van der Waals surface area (Å²) in [6.45, 7) is 3.84. The van der Waals surface area contributed by atoms with Crippen molar-refractivity contribution in [3.8, 4) is 0 Å². The SMILES string of the molecule is Cc1ccnc(NC(=O)c2cc(C)n(C)n2)c1. The van der Waals surface area contributed by atoms with Crippen LogP contribution in [0.4, 0.5) is 5.82 Å². The van der Waals surface area contributed by atoms with E-state index < -0.39 is 0 Å². The molecule has 2 aromatic heterocycles. The van der Waals surface area contributed by atoms with Crippen molar-refractivity contribution in [2.75, 3.05) is 5.32 Å². The molecule has 1 N–H and O–H groups in total. The van der Waals surface area contributed by atoms with Gasteiger partial charge in [0.2, 0.25) is 0 Å². The molecule has 0 aliphatic carbocycles. The van der Waals surface area contributed by atoms with Crippen LogP contribution in [0.25, 0.3) is 0 Å². The average Bonchev–Trinajstić information content (AvgIpc) is 2.59. The zero-order valence-electron chi connectivity index (χ0n) is 10.1. The Kier molecular flexibility index (Phi) is 2.91. The largest absolute Gasteiger partial charge is 0.305 e. The molecule has 0 unspecified atom stereocenters. The highest BCUT2D eigenvalue weighted by molar-refractivity contribution is 6.02. The summed E-state index contributed by atoms with van der Waals surface area (Å²) in [7, 11) is 1.80. The minimum Gasteiger partial charge on any atom is -0.305 e. The Balaban J connectivity index is 2.17. The summed E-state index contributed by atoms with van der Waals surface area (Å²) >= 11 is 0. The molecule has 2 rings (SSSR count). The molecule has 0 saturated carbocycles. The van der Waals surface area contributed by atoms with E-state index in [1.165, 1.54) is 0 Å². The van der Waals surface area contributed by atoms with Gasteiger partial charge in [-0.3, -0.25) is 9.48 Å². The van der Waals surface area contributed by atoms with E-state index >= 15 is 0 Å². The Morgan fingerprint density at radius 2 is 2.12 bits per heavy atom. The fourth-order valence-electron chi connectivity index (χ4n) is 1.46. The zero-order chi connectivity index (χ0) is 12.4. The maximum atomic E-state index is 11.9. The number of hydrogen-bond donors (Lipinski definition) is 1.